The number of hydrogen-bond acceptors (Lipinski definition) is 5. The van der Waals surface area contributed by atoms with E-state index in [9.17, 15) is 19.5 Å². The van der Waals surface area contributed by atoms with Crippen molar-refractivity contribution in [3.05, 3.63) is 29.3 Å². The molecule has 1 aromatic carbocycles. The van der Waals surface area contributed by atoms with Gasteiger partial charge in [-0.15, -0.1) is 11.8 Å². The molecular formula is C23H30ClN3O4S. The number of likely N-dealkylation sites (tertiary alicyclic amines) is 1. The van der Waals surface area contributed by atoms with E-state index in [0.29, 0.717) is 17.1 Å². The summed E-state index contributed by atoms with van der Waals surface area (Å²) in [7, 11) is 1.58. The standard InChI is InChI=1S/C23H30ClN3O4S/c1-12(2)15(11-28)27-18(20(30)26-14-7-5-13(24)6-8-14)23-10-9-22(3,32-23)16(19(29)25-4)17(23)21(27)31/h5-8,12,15-18,28H,9-11H2,1-4H3,(H,25,29)(H,26,30)/t15-,16-,17-,18?,22+,23?/m0/s1. The number of aliphatic hydroxyl groups excluding tert-OH is 1. The molecule has 9 heteroatoms. The van der Waals surface area contributed by atoms with Gasteiger partial charge in [-0.1, -0.05) is 25.4 Å². The van der Waals surface area contributed by atoms with Gasteiger partial charge in [0.25, 0.3) is 0 Å². The fourth-order valence-electron chi connectivity index (χ4n) is 5.94. The number of thioether (sulfide) groups is 1. The van der Waals surface area contributed by atoms with Crippen LogP contribution >= 0.6 is 23.4 Å². The van der Waals surface area contributed by atoms with Crippen LogP contribution in [0.3, 0.4) is 0 Å². The first-order chi connectivity index (χ1) is 15.1. The van der Waals surface area contributed by atoms with Gasteiger partial charge in [-0.3, -0.25) is 14.4 Å². The summed E-state index contributed by atoms with van der Waals surface area (Å²) in [6.45, 7) is 5.64. The molecule has 0 aromatic heterocycles. The first-order valence-electron chi connectivity index (χ1n) is 11.0. The van der Waals surface area contributed by atoms with Crippen LogP contribution in [0.5, 0.6) is 0 Å². The van der Waals surface area contributed by atoms with Crippen molar-refractivity contribution >= 4 is 46.8 Å². The van der Waals surface area contributed by atoms with E-state index >= 15 is 0 Å². The number of anilines is 1. The summed E-state index contributed by atoms with van der Waals surface area (Å²) >= 11 is 7.59. The Bertz CT molecular complexity index is 942. The van der Waals surface area contributed by atoms with Crippen molar-refractivity contribution in [2.75, 3.05) is 19.0 Å². The Balaban J connectivity index is 1.79. The third-order valence-corrected chi connectivity index (χ3v) is 9.66. The van der Waals surface area contributed by atoms with Gasteiger partial charge in [0.05, 0.1) is 29.2 Å². The van der Waals surface area contributed by atoms with E-state index in [1.165, 1.54) is 0 Å². The van der Waals surface area contributed by atoms with Crippen LogP contribution in [0, 0.1) is 17.8 Å². The van der Waals surface area contributed by atoms with Gasteiger partial charge >= 0.3 is 0 Å². The molecule has 0 aliphatic carbocycles. The molecule has 3 aliphatic rings. The molecule has 3 aliphatic heterocycles. The van der Waals surface area contributed by atoms with Gasteiger partial charge in [0.1, 0.15) is 6.04 Å². The van der Waals surface area contributed by atoms with Gasteiger partial charge in [-0.25, -0.2) is 0 Å². The molecule has 6 atom stereocenters. The molecule has 3 N–H and O–H groups in total. The van der Waals surface area contributed by atoms with Crippen LogP contribution in [0.1, 0.15) is 33.6 Å². The molecule has 32 heavy (non-hydrogen) atoms. The van der Waals surface area contributed by atoms with E-state index in [1.54, 1.807) is 48.0 Å². The van der Waals surface area contributed by atoms with Crippen molar-refractivity contribution in [3.8, 4) is 0 Å². The third-order valence-electron chi connectivity index (χ3n) is 7.42. The summed E-state index contributed by atoms with van der Waals surface area (Å²) < 4.78 is -1.11. The predicted molar refractivity (Wildman–Crippen MR) is 125 cm³/mol. The Kier molecular flexibility index (Phi) is 6.01. The molecule has 7 nitrogen and oxygen atoms in total. The second-order valence-electron chi connectivity index (χ2n) is 9.58. The SMILES string of the molecule is CNC(=O)[C@@H]1[C@H]2C(=O)N([C@@H](CO)C(C)C)C(C(=O)Nc3ccc(Cl)cc3)C23CC[C@@]1(C)S3. The minimum atomic E-state index is -0.781. The maximum atomic E-state index is 13.9. The summed E-state index contributed by atoms with van der Waals surface area (Å²) in [6.07, 6.45) is 1.42. The Hall–Kier alpha value is -1.77. The predicted octanol–water partition coefficient (Wildman–Crippen LogP) is 2.52. The molecule has 2 unspecified atom stereocenters. The van der Waals surface area contributed by atoms with E-state index < -0.39 is 33.4 Å². The summed E-state index contributed by atoms with van der Waals surface area (Å²) in [6, 6.07) is 5.53. The minimum Gasteiger partial charge on any atom is -0.394 e. The molecule has 3 heterocycles. The second-order valence-corrected chi connectivity index (χ2v) is 11.9. The molecular weight excluding hydrogens is 450 g/mol. The molecule has 3 amide bonds. The number of halogens is 1. The Morgan fingerprint density at radius 3 is 2.47 bits per heavy atom. The highest BCUT2D eigenvalue weighted by atomic mass is 35.5. The van der Waals surface area contributed by atoms with E-state index in [2.05, 4.69) is 10.6 Å². The van der Waals surface area contributed by atoms with Crippen LogP contribution in [-0.2, 0) is 14.4 Å². The molecule has 3 saturated heterocycles. The highest BCUT2D eigenvalue weighted by Gasteiger charge is 2.77. The van der Waals surface area contributed by atoms with Crippen LogP contribution in [-0.4, -0.2) is 63.0 Å². The highest BCUT2D eigenvalue weighted by molar-refractivity contribution is 8.02. The summed E-state index contributed by atoms with van der Waals surface area (Å²) in [5.74, 6) is -1.83. The van der Waals surface area contributed by atoms with E-state index in [-0.39, 0.29) is 30.2 Å². The third kappa shape index (κ3) is 3.33. The lowest BCUT2D eigenvalue weighted by Gasteiger charge is -2.38. The van der Waals surface area contributed by atoms with Crippen molar-refractivity contribution in [2.24, 2.45) is 17.8 Å². The van der Waals surface area contributed by atoms with Crippen LogP contribution in [0.2, 0.25) is 5.02 Å². The number of nitrogens with one attached hydrogen (secondary N) is 2. The van der Waals surface area contributed by atoms with Gasteiger partial charge in [-0.2, -0.15) is 0 Å². The molecule has 174 valence electrons. The lowest BCUT2D eigenvalue weighted by atomic mass is 9.66. The number of aliphatic hydroxyl groups is 1. The zero-order chi connectivity index (χ0) is 23.4. The monoisotopic (exact) mass is 479 g/mol. The normalized spacial score (nSPS) is 34.0. The fourth-order valence-corrected chi connectivity index (χ4v) is 8.41. The van der Waals surface area contributed by atoms with Gasteiger partial charge in [-0.05, 0) is 49.9 Å². The largest absolute Gasteiger partial charge is 0.394 e. The van der Waals surface area contributed by atoms with Crippen LogP contribution in [0.25, 0.3) is 0 Å². The number of nitrogens with zero attached hydrogens (tertiary/aromatic N) is 1. The van der Waals surface area contributed by atoms with Crippen molar-refractivity contribution in [3.63, 3.8) is 0 Å². The fraction of sp³-hybridized carbons (Fsp3) is 0.609. The number of carbonyl (C=O) groups is 3. The first-order valence-corrected chi connectivity index (χ1v) is 12.2. The molecule has 4 rings (SSSR count). The van der Waals surface area contributed by atoms with Crippen LogP contribution < -0.4 is 10.6 Å². The Morgan fingerprint density at radius 1 is 1.25 bits per heavy atom. The van der Waals surface area contributed by atoms with E-state index in [1.807, 2.05) is 20.8 Å². The summed E-state index contributed by atoms with van der Waals surface area (Å²) in [5.41, 5.74) is 0.586. The molecule has 0 saturated carbocycles. The van der Waals surface area contributed by atoms with Gasteiger partial charge in [0, 0.05) is 22.5 Å². The van der Waals surface area contributed by atoms with E-state index in [0.717, 1.165) is 6.42 Å². The lowest BCUT2D eigenvalue weighted by molar-refractivity contribution is -0.143. The Labute approximate surface area is 197 Å². The molecule has 0 radical (unpaired) electrons. The van der Waals surface area contributed by atoms with Gasteiger partial charge in [0.2, 0.25) is 17.7 Å². The smallest absolute Gasteiger partial charge is 0.248 e. The maximum absolute atomic E-state index is 13.9. The number of fused-ring (bicyclic) bond motifs is 1. The van der Waals surface area contributed by atoms with Crippen molar-refractivity contribution in [1.82, 2.24) is 10.2 Å². The quantitative estimate of drug-likeness (QED) is 0.582. The minimum absolute atomic E-state index is 0.0544. The molecule has 3 fully saturated rings. The molecule has 1 spiro atoms. The second kappa shape index (κ2) is 8.22. The van der Waals surface area contributed by atoms with Crippen molar-refractivity contribution in [2.45, 2.75) is 55.2 Å². The Morgan fingerprint density at radius 2 is 1.91 bits per heavy atom. The van der Waals surface area contributed by atoms with Gasteiger partial charge < -0.3 is 20.6 Å². The van der Waals surface area contributed by atoms with Crippen LogP contribution in [0.4, 0.5) is 5.69 Å². The number of rotatable bonds is 6. The average Bonchev–Trinajstić information content (AvgIpc) is 3.31. The number of benzene rings is 1. The lowest BCUT2D eigenvalue weighted by Crippen LogP contribution is -2.56. The van der Waals surface area contributed by atoms with Gasteiger partial charge in [0.15, 0.2) is 0 Å². The topological polar surface area (TPSA) is 98.7 Å². The number of carbonyl (C=O) groups excluding carboxylic acids is 3. The zero-order valence-corrected chi connectivity index (χ0v) is 20.3. The first kappa shape index (κ1) is 23.4. The summed E-state index contributed by atoms with van der Waals surface area (Å²) in [5, 5.41) is 16.4. The zero-order valence-electron chi connectivity index (χ0n) is 18.7. The van der Waals surface area contributed by atoms with Crippen LogP contribution in [0.15, 0.2) is 24.3 Å². The average molecular weight is 480 g/mol. The number of hydrogen-bond donors (Lipinski definition) is 3. The molecule has 2 bridgehead atoms. The molecule has 1 aromatic rings. The van der Waals surface area contributed by atoms with E-state index in [4.69, 9.17) is 11.6 Å². The highest BCUT2D eigenvalue weighted by Crippen LogP contribution is 2.71. The maximum Gasteiger partial charge on any atom is 0.248 e. The van der Waals surface area contributed by atoms with Crippen molar-refractivity contribution in [1.29, 1.82) is 0 Å². The van der Waals surface area contributed by atoms with Crippen molar-refractivity contribution < 1.29 is 19.5 Å². The summed E-state index contributed by atoms with van der Waals surface area (Å²) in [4.78, 5) is 42.1. The number of amides is 3.